The van der Waals surface area contributed by atoms with Crippen LogP contribution in [0.25, 0.3) is 0 Å². The molecule has 2 N–H and O–H groups in total. The number of nitrogens with one attached hydrogen (secondary N) is 2. The van der Waals surface area contributed by atoms with Crippen LogP contribution in [0, 0.1) is 0 Å². The molecule has 0 unspecified atom stereocenters. The molecule has 0 atom stereocenters. The van der Waals surface area contributed by atoms with Gasteiger partial charge in [-0.1, -0.05) is 12.1 Å². The van der Waals surface area contributed by atoms with Gasteiger partial charge in [-0.05, 0) is 30.2 Å². The molecule has 2 rings (SSSR count). The average molecular weight is 274 g/mol. The Hall–Kier alpha value is -2.43. The Bertz CT molecular complexity index is 538. The maximum absolute atomic E-state index is 11.7. The van der Waals surface area contributed by atoms with E-state index in [1.165, 1.54) is 0 Å². The first-order valence-corrected chi connectivity index (χ1v) is 6.44. The van der Waals surface area contributed by atoms with Crippen LogP contribution in [0.15, 0.2) is 42.7 Å². The fourth-order valence-electron chi connectivity index (χ4n) is 1.79. The van der Waals surface area contributed by atoms with Crippen molar-refractivity contribution in [1.29, 1.82) is 0 Å². The zero-order valence-electron chi connectivity index (χ0n) is 11.4. The largest absolute Gasteiger partial charge is 0.493 e. The van der Waals surface area contributed by atoms with Gasteiger partial charge in [0, 0.05) is 18.9 Å². The summed E-state index contributed by atoms with van der Waals surface area (Å²) in [6.07, 6.45) is 4.57. The van der Waals surface area contributed by atoms with Crippen LogP contribution in [0.4, 0.5) is 0 Å². The number of hydrogen-bond acceptors (Lipinski definition) is 3. The third-order valence-electron chi connectivity index (χ3n) is 2.83. The van der Waals surface area contributed by atoms with E-state index in [-0.39, 0.29) is 12.5 Å². The lowest BCUT2D eigenvalue weighted by molar-refractivity contribution is -0.123. The minimum Gasteiger partial charge on any atom is -0.493 e. The first-order valence-electron chi connectivity index (χ1n) is 6.44. The predicted octanol–water partition coefficient (Wildman–Crippen LogP) is 1.76. The standard InChI is InChI=1S/C15H18N2O3/c1-19-13-4-2-3-5-14(13)20-11-15(18)17-9-7-12-6-8-16-10-12/h2-6,8,10,16H,7,9,11H2,1H3,(H,17,18). The van der Waals surface area contributed by atoms with Crippen molar-refractivity contribution in [2.45, 2.75) is 6.42 Å². The summed E-state index contributed by atoms with van der Waals surface area (Å²) in [6, 6.07) is 9.23. The second-order valence-electron chi connectivity index (χ2n) is 4.26. The lowest BCUT2D eigenvalue weighted by Crippen LogP contribution is -2.30. The first kappa shape index (κ1) is 14.0. The molecule has 0 fully saturated rings. The van der Waals surface area contributed by atoms with Gasteiger partial charge >= 0.3 is 0 Å². The minimum absolute atomic E-state index is 0.0203. The average Bonchev–Trinajstić information content (AvgIpc) is 2.98. The van der Waals surface area contributed by atoms with E-state index in [0.29, 0.717) is 18.0 Å². The summed E-state index contributed by atoms with van der Waals surface area (Å²) < 4.78 is 10.6. The molecule has 20 heavy (non-hydrogen) atoms. The quantitative estimate of drug-likeness (QED) is 0.808. The molecule has 1 amide bonds. The summed E-state index contributed by atoms with van der Waals surface area (Å²) >= 11 is 0. The number of carbonyl (C=O) groups is 1. The smallest absolute Gasteiger partial charge is 0.257 e. The normalized spacial score (nSPS) is 10.1. The molecule has 0 saturated heterocycles. The number of carbonyl (C=O) groups excluding carboxylic acids is 1. The molecule has 0 aliphatic rings. The number of methoxy groups -OCH3 is 1. The van der Waals surface area contributed by atoms with Crippen LogP contribution >= 0.6 is 0 Å². The van der Waals surface area contributed by atoms with Crippen molar-refractivity contribution in [2.24, 2.45) is 0 Å². The van der Waals surface area contributed by atoms with E-state index in [1.807, 2.05) is 30.6 Å². The lowest BCUT2D eigenvalue weighted by atomic mass is 10.2. The van der Waals surface area contributed by atoms with Crippen LogP contribution in [0.1, 0.15) is 5.56 Å². The Morgan fingerprint density at radius 1 is 1.25 bits per heavy atom. The molecular formula is C15H18N2O3. The van der Waals surface area contributed by atoms with Gasteiger partial charge in [0.05, 0.1) is 7.11 Å². The minimum atomic E-state index is -0.147. The summed E-state index contributed by atoms with van der Waals surface area (Å²) in [5, 5.41) is 2.81. The van der Waals surface area contributed by atoms with Crippen molar-refractivity contribution in [1.82, 2.24) is 10.3 Å². The Kier molecular flexibility index (Phi) is 5.06. The zero-order chi connectivity index (χ0) is 14.2. The van der Waals surface area contributed by atoms with Crippen LogP contribution in [0.5, 0.6) is 11.5 Å². The number of hydrogen-bond donors (Lipinski definition) is 2. The van der Waals surface area contributed by atoms with Crippen molar-refractivity contribution in [3.05, 3.63) is 48.3 Å². The van der Waals surface area contributed by atoms with E-state index in [9.17, 15) is 4.79 Å². The Balaban J connectivity index is 1.72. The molecule has 0 aliphatic carbocycles. The van der Waals surface area contributed by atoms with E-state index in [1.54, 1.807) is 19.2 Å². The molecule has 1 aromatic heterocycles. The SMILES string of the molecule is COc1ccccc1OCC(=O)NCCc1cc[nH]c1. The molecule has 0 aliphatic heterocycles. The van der Waals surface area contributed by atoms with E-state index in [0.717, 1.165) is 12.0 Å². The number of benzene rings is 1. The Labute approximate surface area is 117 Å². The second-order valence-corrected chi connectivity index (χ2v) is 4.26. The van der Waals surface area contributed by atoms with Gasteiger partial charge < -0.3 is 19.8 Å². The van der Waals surface area contributed by atoms with Gasteiger partial charge in [0.25, 0.3) is 5.91 Å². The zero-order valence-corrected chi connectivity index (χ0v) is 11.4. The van der Waals surface area contributed by atoms with E-state index in [4.69, 9.17) is 9.47 Å². The molecule has 0 radical (unpaired) electrons. The molecule has 1 heterocycles. The van der Waals surface area contributed by atoms with Crippen molar-refractivity contribution in [3.8, 4) is 11.5 Å². The Morgan fingerprint density at radius 3 is 2.75 bits per heavy atom. The molecule has 5 nitrogen and oxygen atoms in total. The highest BCUT2D eigenvalue weighted by molar-refractivity contribution is 5.77. The van der Waals surface area contributed by atoms with Gasteiger partial charge in [-0.3, -0.25) is 4.79 Å². The van der Waals surface area contributed by atoms with Gasteiger partial charge in [-0.25, -0.2) is 0 Å². The molecule has 0 spiro atoms. The number of amides is 1. The monoisotopic (exact) mass is 274 g/mol. The van der Waals surface area contributed by atoms with Crippen LogP contribution in [0.2, 0.25) is 0 Å². The highest BCUT2D eigenvalue weighted by Crippen LogP contribution is 2.25. The number of H-pyrrole nitrogens is 1. The predicted molar refractivity (Wildman–Crippen MR) is 76.0 cm³/mol. The van der Waals surface area contributed by atoms with Gasteiger partial charge in [-0.2, -0.15) is 0 Å². The maximum Gasteiger partial charge on any atom is 0.257 e. The topological polar surface area (TPSA) is 63.4 Å². The third-order valence-corrected chi connectivity index (χ3v) is 2.83. The number of para-hydroxylation sites is 2. The number of ether oxygens (including phenoxy) is 2. The summed E-state index contributed by atoms with van der Waals surface area (Å²) in [4.78, 5) is 14.6. The fourth-order valence-corrected chi connectivity index (χ4v) is 1.79. The number of aromatic amines is 1. The molecule has 5 heteroatoms. The number of aromatic nitrogens is 1. The van der Waals surface area contributed by atoms with Crippen LogP contribution in [0.3, 0.4) is 0 Å². The summed E-state index contributed by atoms with van der Waals surface area (Å²) in [6.45, 7) is 0.569. The summed E-state index contributed by atoms with van der Waals surface area (Å²) in [5.74, 6) is 1.04. The van der Waals surface area contributed by atoms with Crippen LogP contribution < -0.4 is 14.8 Å². The molecular weight excluding hydrogens is 256 g/mol. The number of rotatable bonds is 7. The fraction of sp³-hybridized carbons (Fsp3) is 0.267. The van der Waals surface area contributed by atoms with Crippen molar-refractivity contribution < 1.29 is 14.3 Å². The van der Waals surface area contributed by atoms with Gasteiger partial charge in [0.2, 0.25) is 0 Å². The van der Waals surface area contributed by atoms with Gasteiger partial charge in [-0.15, -0.1) is 0 Å². The van der Waals surface area contributed by atoms with Crippen LogP contribution in [-0.2, 0) is 11.2 Å². The maximum atomic E-state index is 11.7. The van der Waals surface area contributed by atoms with Crippen molar-refractivity contribution >= 4 is 5.91 Å². The van der Waals surface area contributed by atoms with Crippen molar-refractivity contribution in [3.63, 3.8) is 0 Å². The third kappa shape index (κ3) is 4.05. The van der Waals surface area contributed by atoms with Gasteiger partial charge in [0.1, 0.15) is 0 Å². The van der Waals surface area contributed by atoms with Crippen molar-refractivity contribution in [2.75, 3.05) is 20.3 Å². The van der Waals surface area contributed by atoms with E-state index >= 15 is 0 Å². The lowest BCUT2D eigenvalue weighted by Gasteiger charge is -2.10. The molecule has 0 saturated carbocycles. The Morgan fingerprint density at radius 2 is 2.05 bits per heavy atom. The molecule has 2 aromatic rings. The molecule has 106 valence electrons. The van der Waals surface area contributed by atoms with Crippen LogP contribution in [-0.4, -0.2) is 31.2 Å². The van der Waals surface area contributed by atoms with E-state index in [2.05, 4.69) is 10.3 Å². The summed E-state index contributed by atoms with van der Waals surface area (Å²) in [5.41, 5.74) is 1.16. The highest BCUT2D eigenvalue weighted by atomic mass is 16.5. The second kappa shape index (κ2) is 7.23. The summed E-state index contributed by atoms with van der Waals surface area (Å²) in [7, 11) is 1.57. The van der Waals surface area contributed by atoms with Gasteiger partial charge in [0.15, 0.2) is 18.1 Å². The van der Waals surface area contributed by atoms with E-state index < -0.39 is 0 Å². The highest BCUT2D eigenvalue weighted by Gasteiger charge is 2.06. The molecule has 1 aromatic carbocycles. The first-order chi connectivity index (χ1) is 9.79. The molecule has 0 bridgehead atoms.